The Morgan fingerprint density at radius 2 is 2.03 bits per heavy atom. The molecule has 4 rings (SSSR count). The average molecular weight is 391 g/mol. The van der Waals surface area contributed by atoms with Gasteiger partial charge in [0.25, 0.3) is 5.89 Å². The molecule has 1 aliphatic rings. The highest BCUT2D eigenvalue weighted by molar-refractivity contribution is 5.78. The topological polar surface area (TPSA) is 98.6 Å². The van der Waals surface area contributed by atoms with Crippen LogP contribution in [0, 0.1) is 0 Å². The van der Waals surface area contributed by atoms with Crippen molar-refractivity contribution in [3.63, 3.8) is 0 Å². The molecule has 1 unspecified atom stereocenters. The number of hydrogen-bond acceptors (Lipinski definition) is 5. The minimum Gasteiger partial charge on any atom is -0.493 e. The van der Waals surface area contributed by atoms with Gasteiger partial charge >= 0.3 is 0 Å². The monoisotopic (exact) mass is 391 g/mol. The summed E-state index contributed by atoms with van der Waals surface area (Å²) in [6, 6.07) is 16.3. The van der Waals surface area contributed by atoms with Gasteiger partial charge < -0.3 is 20.3 Å². The lowest BCUT2D eigenvalue weighted by Crippen LogP contribution is -2.37. The van der Waals surface area contributed by atoms with Crippen molar-refractivity contribution < 1.29 is 9.26 Å². The molecule has 2 heterocycles. The number of hydrogen-bond donors (Lipinski definition) is 2. The number of rotatable bonds is 6. The molecular weight excluding hydrogens is 366 g/mol. The highest BCUT2D eigenvalue weighted by atomic mass is 16.5. The number of ether oxygens (including phenoxy) is 1. The third kappa shape index (κ3) is 4.56. The van der Waals surface area contributed by atoms with E-state index in [1.54, 1.807) is 0 Å². The van der Waals surface area contributed by atoms with Gasteiger partial charge in [-0.25, -0.2) is 0 Å². The van der Waals surface area contributed by atoms with E-state index in [4.69, 9.17) is 15.0 Å². The second-order valence-corrected chi connectivity index (χ2v) is 6.96. The molecule has 0 aliphatic carbocycles. The maximum absolute atomic E-state index is 6.11. The molecular formula is C22H25N5O2. The van der Waals surface area contributed by atoms with E-state index in [9.17, 15) is 0 Å². The number of nitrogens with zero attached hydrogens (tertiary/aromatic N) is 3. The molecule has 2 aromatic carbocycles. The van der Waals surface area contributed by atoms with Crippen LogP contribution in [-0.4, -0.2) is 29.3 Å². The minimum absolute atomic E-state index is 0.130. The first-order valence-corrected chi connectivity index (χ1v) is 9.93. The van der Waals surface area contributed by atoms with Crippen LogP contribution in [0.4, 0.5) is 0 Å². The normalized spacial score (nSPS) is 16.2. The van der Waals surface area contributed by atoms with Crippen LogP contribution in [0.3, 0.4) is 0 Å². The number of guanidine groups is 1. The van der Waals surface area contributed by atoms with Crippen LogP contribution >= 0.6 is 0 Å². The fourth-order valence-electron chi connectivity index (χ4n) is 3.35. The molecule has 1 atom stereocenters. The zero-order chi connectivity index (χ0) is 20.1. The van der Waals surface area contributed by atoms with Gasteiger partial charge in [0.15, 0.2) is 11.8 Å². The number of nitrogens with one attached hydrogen (secondary N) is 1. The highest BCUT2D eigenvalue weighted by Crippen LogP contribution is 2.31. The Kier molecular flexibility index (Phi) is 5.74. The van der Waals surface area contributed by atoms with Gasteiger partial charge in [-0.2, -0.15) is 4.98 Å². The molecule has 0 bridgehead atoms. The lowest BCUT2D eigenvalue weighted by Gasteiger charge is -2.26. The molecule has 7 nitrogen and oxygen atoms in total. The van der Waals surface area contributed by atoms with Gasteiger partial charge in [-0.1, -0.05) is 42.4 Å². The largest absolute Gasteiger partial charge is 0.493 e. The van der Waals surface area contributed by atoms with Crippen molar-refractivity contribution in [2.45, 2.75) is 32.2 Å². The van der Waals surface area contributed by atoms with Gasteiger partial charge in [0.2, 0.25) is 0 Å². The molecule has 0 spiro atoms. The summed E-state index contributed by atoms with van der Waals surface area (Å²) >= 11 is 0. The zero-order valence-electron chi connectivity index (χ0n) is 16.5. The van der Waals surface area contributed by atoms with Crippen LogP contribution in [0.15, 0.2) is 58.0 Å². The smallest absolute Gasteiger partial charge is 0.257 e. The Morgan fingerprint density at radius 3 is 2.83 bits per heavy atom. The van der Waals surface area contributed by atoms with Gasteiger partial charge in [-0.15, -0.1) is 0 Å². The Balaban J connectivity index is 1.32. The average Bonchev–Trinajstić information content (AvgIpc) is 3.24. The maximum atomic E-state index is 6.11. The highest BCUT2D eigenvalue weighted by Gasteiger charge is 2.21. The van der Waals surface area contributed by atoms with E-state index < -0.39 is 0 Å². The zero-order valence-corrected chi connectivity index (χ0v) is 16.5. The molecule has 7 heteroatoms. The molecule has 0 saturated carbocycles. The first-order valence-electron chi connectivity index (χ1n) is 9.93. The van der Waals surface area contributed by atoms with E-state index in [2.05, 4.69) is 38.6 Å². The summed E-state index contributed by atoms with van der Waals surface area (Å²) in [4.78, 5) is 8.84. The Bertz CT molecular complexity index is 981. The number of aliphatic imine (C=N–C) groups is 1. The van der Waals surface area contributed by atoms with Crippen LogP contribution in [0.5, 0.6) is 5.75 Å². The first kappa shape index (κ1) is 19.0. The maximum Gasteiger partial charge on any atom is 0.257 e. The van der Waals surface area contributed by atoms with Crippen LogP contribution in [-0.2, 0) is 12.8 Å². The summed E-state index contributed by atoms with van der Waals surface area (Å²) in [6.07, 6.45) is 2.43. The summed E-state index contributed by atoms with van der Waals surface area (Å²) in [5, 5.41) is 7.25. The number of nitrogens with two attached hydrogens (primary N) is 1. The van der Waals surface area contributed by atoms with Gasteiger partial charge in [0.1, 0.15) is 5.75 Å². The van der Waals surface area contributed by atoms with E-state index in [1.807, 2.05) is 37.3 Å². The molecule has 0 amide bonds. The van der Waals surface area contributed by atoms with Crippen molar-refractivity contribution in [2.24, 2.45) is 10.7 Å². The lowest BCUT2D eigenvalue weighted by molar-refractivity contribution is 0.262. The van der Waals surface area contributed by atoms with E-state index in [-0.39, 0.29) is 6.04 Å². The standard InChI is InChI=1S/C22H25N5O2/c1-2-20-26-21(29-27-20)16-9-7-15(8-10-16)11-13-24-22(23)25-18-12-14-28-19-6-4-3-5-17(18)19/h3-10,18H,2,11-14H2,1H3,(H3,23,24,25). The molecule has 3 N–H and O–H groups in total. The summed E-state index contributed by atoms with van der Waals surface area (Å²) in [6.45, 7) is 3.29. The van der Waals surface area contributed by atoms with Gasteiger partial charge in [0, 0.05) is 30.5 Å². The Morgan fingerprint density at radius 1 is 1.21 bits per heavy atom. The van der Waals surface area contributed by atoms with E-state index in [0.717, 1.165) is 36.1 Å². The van der Waals surface area contributed by atoms with Crippen molar-refractivity contribution in [2.75, 3.05) is 13.2 Å². The lowest BCUT2D eigenvalue weighted by atomic mass is 10.0. The molecule has 0 fully saturated rings. The molecule has 1 aromatic heterocycles. The second-order valence-electron chi connectivity index (χ2n) is 6.96. The number of aromatic nitrogens is 2. The molecule has 1 aliphatic heterocycles. The summed E-state index contributed by atoms with van der Waals surface area (Å²) in [5.41, 5.74) is 9.33. The van der Waals surface area contributed by atoms with Crippen LogP contribution in [0.25, 0.3) is 11.5 Å². The Hall–Kier alpha value is -3.35. The third-order valence-corrected chi connectivity index (χ3v) is 4.95. The second kappa shape index (κ2) is 8.77. The van der Waals surface area contributed by atoms with Crippen molar-refractivity contribution in [1.29, 1.82) is 0 Å². The fraction of sp³-hybridized carbons (Fsp3) is 0.318. The van der Waals surface area contributed by atoms with Crippen molar-refractivity contribution in [3.05, 3.63) is 65.5 Å². The predicted molar refractivity (Wildman–Crippen MR) is 112 cm³/mol. The van der Waals surface area contributed by atoms with Crippen LogP contribution in [0.1, 0.15) is 36.3 Å². The molecule has 0 saturated heterocycles. The van der Waals surface area contributed by atoms with E-state index in [0.29, 0.717) is 30.8 Å². The first-order chi connectivity index (χ1) is 14.2. The number of aryl methyl sites for hydroxylation is 1. The predicted octanol–water partition coefficient (Wildman–Crippen LogP) is 3.27. The Labute approximate surface area is 170 Å². The fourth-order valence-corrected chi connectivity index (χ4v) is 3.35. The summed E-state index contributed by atoms with van der Waals surface area (Å²) < 4.78 is 11.0. The molecule has 0 radical (unpaired) electrons. The third-order valence-electron chi connectivity index (χ3n) is 4.95. The summed E-state index contributed by atoms with van der Waals surface area (Å²) in [5.74, 6) is 2.64. The van der Waals surface area contributed by atoms with Crippen molar-refractivity contribution in [3.8, 4) is 17.2 Å². The molecule has 3 aromatic rings. The van der Waals surface area contributed by atoms with Crippen molar-refractivity contribution >= 4 is 5.96 Å². The van der Waals surface area contributed by atoms with E-state index >= 15 is 0 Å². The van der Waals surface area contributed by atoms with Crippen LogP contribution in [0.2, 0.25) is 0 Å². The molecule has 29 heavy (non-hydrogen) atoms. The van der Waals surface area contributed by atoms with Gasteiger partial charge in [-0.3, -0.25) is 4.99 Å². The number of para-hydroxylation sites is 1. The van der Waals surface area contributed by atoms with Gasteiger partial charge in [-0.05, 0) is 30.2 Å². The van der Waals surface area contributed by atoms with Crippen LogP contribution < -0.4 is 15.8 Å². The van der Waals surface area contributed by atoms with Gasteiger partial charge in [0.05, 0.1) is 12.6 Å². The number of fused-ring (bicyclic) bond motifs is 1. The summed E-state index contributed by atoms with van der Waals surface area (Å²) in [7, 11) is 0. The van der Waals surface area contributed by atoms with Crippen molar-refractivity contribution in [1.82, 2.24) is 15.5 Å². The quantitative estimate of drug-likeness (QED) is 0.494. The van der Waals surface area contributed by atoms with E-state index in [1.165, 1.54) is 5.56 Å². The SMILES string of the molecule is CCc1noc(-c2ccc(CCN=C(N)NC3CCOc4ccccc43)cc2)n1. The molecule has 150 valence electrons. The minimum atomic E-state index is 0.130. The number of benzene rings is 2.